The van der Waals surface area contributed by atoms with Crippen molar-refractivity contribution in [1.29, 1.82) is 5.26 Å². The number of fused-ring (bicyclic) bond motifs is 23. The first-order valence-corrected chi connectivity index (χ1v) is 28.4. The van der Waals surface area contributed by atoms with Crippen LogP contribution in [0.25, 0.3) is 122 Å². The number of H-pyrrole nitrogens is 2. The highest BCUT2D eigenvalue weighted by Gasteiger charge is 2.29. The number of hydrogen-bond donors (Lipinski definition) is 2. The van der Waals surface area contributed by atoms with Crippen LogP contribution in [-0.4, -0.2) is 77.0 Å². The van der Waals surface area contributed by atoms with Crippen LogP contribution in [0, 0.1) is 11.3 Å². The van der Waals surface area contributed by atoms with Crippen LogP contribution >= 0.6 is 0 Å². The Hall–Kier alpha value is -10.1. The number of aromatic amines is 2. The van der Waals surface area contributed by atoms with E-state index in [1.807, 2.05) is 36.4 Å². The van der Waals surface area contributed by atoms with Crippen LogP contribution in [0.5, 0.6) is 0 Å². The van der Waals surface area contributed by atoms with Crippen molar-refractivity contribution in [2.24, 2.45) is 0 Å². The third kappa shape index (κ3) is 6.67. The lowest BCUT2D eigenvalue weighted by atomic mass is 10.1. The number of rotatable bonds is 6. The first-order valence-electron chi connectivity index (χ1n) is 24.1. The predicted molar refractivity (Wildman–Crippen MR) is 294 cm³/mol. The van der Waals surface area contributed by atoms with Gasteiger partial charge in [0.05, 0.1) is 42.9 Å². The summed E-state index contributed by atoms with van der Waals surface area (Å²) < 4.78 is 91.0. The zero-order valence-electron chi connectivity index (χ0n) is 40.0. The van der Waals surface area contributed by atoms with E-state index in [0.717, 1.165) is 16.2 Å². The van der Waals surface area contributed by atoms with Crippen molar-refractivity contribution in [2.45, 2.75) is 14.7 Å². The van der Waals surface area contributed by atoms with Gasteiger partial charge in [0, 0.05) is 78.5 Å². The maximum atomic E-state index is 14.6. The molecular formula is C57H32N12O6S3. The van der Waals surface area contributed by atoms with Crippen molar-refractivity contribution in [1.82, 2.24) is 51.8 Å². The van der Waals surface area contributed by atoms with Gasteiger partial charge in [0.2, 0.25) is 0 Å². The third-order valence-electron chi connectivity index (χ3n) is 14.2. The predicted octanol–water partition coefficient (Wildman–Crippen LogP) is 10.3. The maximum absolute atomic E-state index is 14.6. The number of para-hydroxylation sites is 3. The highest BCUT2D eigenvalue weighted by atomic mass is 32.2. The van der Waals surface area contributed by atoms with Gasteiger partial charge in [-0.1, -0.05) is 54.6 Å². The van der Waals surface area contributed by atoms with Gasteiger partial charge in [-0.05, 0) is 109 Å². The molecule has 0 unspecified atom stereocenters. The van der Waals surface area contributed by atoms with Crippen LogP contribution < -0.4 is 0 Å². The molecule has 2 aliphatic heterocycles. The summed E-state index contributed by atoms with van der Waals surface area (Å²) in [4.78, 5) is 36.6. The lowest BCUT2D eigenvalue weighted by Crippen LogP contribution is -2.11. The molecule has 7 aromatic carbocycles. The summed E-state index contributed by atoms with van der Waals surface area (Å²) in [5, 5.41) is 14.0. The van der Waals surface area contributed by atoms with Crippen molar-refractivity contribution in [3.05, 3.63) is 188 Å². The minimum Gasteiger partial charge on any atom is -0.324 e. The van der Waals surface area contributed by atoms with Gasteiger partial charge >= 0.3 is 0 Å². The molecular weight excluding hydrogens is 1040 g/mol. The molecule has 2 N–H and O–H groups in total. The second-order valence-corrected chi connectivity index (χ2v) is 24.1. The number of aromatic nitrogens is 11. The fourth-order valence-electron chi connectivity index (χ4n) is 10.4. The van der Waals surface area contributed by atoms with Gasteiger partial charge in [-0.15, -0.1) is 0 Å². The van der Waals surface area contributed by atoms with Crippen molar-refractivity contribution in [3.63, 3.8) is 0 Å². The van der Waals surface area contributed by atoms with Gasteiger partial charge < -0.3 is 9.97 Å². The molecule has 8 bridgehead atoms. The Morgan fingerprint density at radius 2 is 0.718 bits per heavy atom. The Bertz CT molecular complexity index is 5330. The molecule has 2 aliphatic rings. The zero-order valence-corrected chi connectivity index (χ0v) is 42.4. The van der Waals surface area contributed by atoms with E-state index in [0.29, 0.717) is 65.9 Å². The molecule has 8 heterocycles. The van der Waals surface area contributed by atoms with Crippen LogP contribution in [0.2, 0.25) is 0 Å². The molecule has 0 saturated carbocycles. The summed E-state index contributed by atoms with van der Waals surface area (Å²) in [7, 11) is -12.6. The number of benzene rings is 7. The van der Waals surface area contributed by atoms with Gasteiger partial charge in [0.25, 0.3) is 30.1 Å². The van der Waals surface area contributed by atoms with E-state index in [2.05, 4.69) is 16.0 Å². The molecule has 0 aliphatic carbocycles. The second kappa shape index (κ2) is 16.2. The van der Waals surface area contributed by atoms with E-state index in [9.17, 15) is 30.5 Å². The van der Waals surface area contributed by atoms with E-state index < -0.39 is 30.1 Å². The van der Waals surface area contributed by atoms with Gasteiger partial charge in [-0.2, -0.15) is 5.26 Å². The van der Waals surface area contributed by atoms with Crippen LogP contribution in [0.15, 0.2) is 197 Å². The van der Waals surface area contributed by atoms with Crippen LogP contribution in [0.3, 0.4) is 0 Å². The topological polar surface area (TPSA) is 250 Å². The molecule has 13 aromatic rings. The van der Waals surface area contributed by atoms with E-state index in [1.165, 1.54) is 66.9 Å². The first kappa shape index (κ1) is 45.3. The molecule has 78 heavy (non-hydrogen) atoms. The Kier molecular flexibility index (Phi) is 9.39. The highest BCUT2D eigenvalue weighted by molar-refractivity contribution is 7.90. The molecule has 0 radical (unpaired) electrons. The smallest absolute Gasteiger partial charge is 0.268 e. The summed E-state index contributed by atoms with van der Waals surface area (Å²) in [5.74, 6) is 0.390. The normalized spacial score (nSPS) is 12.7. The summed E-state index contributed by atoms with van der Waals surface area (Å²) in [5.41, 5.74) is 4.07. The van der Waals surface area contributed by atoms with Gasteiger partial charge in [0.1, 0.15) is 22.6 Å². The van der Waals surface area contributed by atoms with Crippen LogP contribution in [0.1, 0.15) is 5.56 Å². The Morgan fingerprint density at radius 3 is 1.15 bits per heavy atom. The largest absolute Gasteiger partial charge is 0.324 e. The zero-order chi connectivity index (χ0) is 52.8. The molecule has 0 atom stereocenters. The van der Waals surface area contributed by atoms with E-state index >= 15 is 0 Å². The number of nitrogens with zero attached hydrogens (tertiary/aromatic N) is 10. The van der Waals surface area contributed by atoms with E-state index in [4.69, 9.17) is 29.9 Å². The Labute approximate surface area is 441 Å². The summed E-state index contributed by atoms with van der Waals surface area (Å²) in [6.45, 7) is 0. The van der Waals surface area contributed by atoms with E-state index in [-0.39, 0.29) is 60.6 Å². The van der Waals surface area contributed by atoms with Crippen molar-refractivity contribution in [3.8, 4) is 51.6 Å². The molecule has 18 nitrogen and oxygen atoms in total. The Morgan fingerprint density at radius 1 is 0.359 bits per heavy atom. The number of nitrogens with one attached hydrogen (secondary N) is 2. The summed E-state index contributed by atoms with van der Waals surface area (Å²) in [6.07, 6.45) is 4.51. The molecule has 15 rings (SSSR count). The average Bonchev–Trinajstić information content (AvgIpc) is 4.45. The van der Waals surface area contributed by atoms with Gasteiger partial charge in [-0.3, -0.25) is 0 Å². The Balaban J connectivity index is 1.02. The minimum absolute atomic E-state index is 0.0514. The summed E-state index contributed by atoms with van der Waals surface area (Å²) in [6, 6.07) is 47.5. The number of hydrogen-bond acceptors (Lipinski definition) is 13. The maximum Gasteiger partial charge on any atom is 0.268 e. The quantitative estimate of drug-likeness (QED) is 0.157. The van der Waals surface area contributed by atoms with Gasteiger partial charge in [0.15, 0.2) is 23.3 Å². The standard InChI is InChI=1S/C57H32N12O6S3/c58-31-32-13-17-39-43(27-32)54-59-50(39)61-55-45-29-37(77(72,73)68-25-22-34-8-2-5-11-48(34)68)15-19-41(45)52(63-55)65-57-46-30-38(78(74,75)69-26-23-35-9-3-6-12-49(35)69)16-20-42(46)53(66-57)64-56-44-28-36(14-18-40(44)51(60-54)62-56)76(70,71)67-24-21-33-7-1-4-10-47(33)67/h1-30H,(H2,59,60,61,62,63,64,65,66). The van der Waals surface area contributed by atoms with Gasteiger partial charge in [-0.25, -0.2) is 67.1 Å². The van der Waals surface area contributed by atoms with Crippen LogP contribution in [-0.2, 0) is 30.1 Å². The molecule has 0 amide bonds. The highest BCUT2D eigenvalue weighted by Crippen LogP contribution is 2.40. The number of nitriles is 1. The SMILES string of the molecule is N#Cc1ccc2c3nc4nc(nc5[nH]c(nc6nc(nc([nH]3)c2c1)-c1ccc(S(=O)(=O)n2ccc3ccccc32)cc1-6)c1ccc(S(=O)(=O)n2ccc3ccccc32)cc51)-c1ccc(S(=O)(=O)n2ccc3ccccc32)cc1-4. The molecule has 0 saturated heterocycles. The lowest BCUT2D eigenvalue weighted by molar-refractivity contribution is 0.587. The molecule has 0 fully saturated rings. The fraction of sp³-hybridized carbons (Fsp3) is 0. The first-order chi connectivity index (χ1) is 37.8. The fourth-order valence-corrected chi connectivity index (χ4v) is 14.6. The second-order valence-electron chi connectivity index (χ2n) is 18.6. The van der Waals surface area contributed by atoms with Crippen molar-refractivity contribution in [2.75, 3.05) is 0 Å². The summed E-state index contributed by atoms with van der Waals surface area (Å²) >= 11 is 0. The molecule has 0 spiro atoms. The molecule has 6 aromatic heterocycles. The molecule has 374 valence electrons. The van der Waals surface area contributed by atoms with Crippen LogP contribution in [0.4, 0.5) is 0 Å². The van der Waals surface area contributed by atoms with E-state index in [1.54, 1.807) is 91.0 Å². The molecule has 21 heteroatoms. The lowest BCUT2D eigenvalue weighted by Gasteiger charge is -2.09. The minimum atomic E-state index is -4.22. The average molecular weight is 1080 g/mol. The van der Waals surface area contributed by atoms with Crippen molar-refractivity contribution < 1.29 is 25.3 Å². The van der Waals surface area contributed by atoms with Crippen molar-refractivity contribution >= 4 is 107 Å². The third-order valence-corrected chi connectivity index (χ3v) is 19.3. The monoisotopic (exact) mass is 1080 g/mol.